The van der Waals surface area contributed by atoms with Crippen LogP contribution in [0.5, 0.6) is 0 Å². The lowest BCUT2D eigenvalue weighted by molar-refractivity contribution is 0.136. The second-order valence-corrected chi connectivity index (χ2v) is 14.2. The summed E-state index contributed by atoms with van der Waals surface area (Å²) >= 11 is 0. The van der Waals surface area contributed by atoms with Crippen LogP contribution in [0.3, 0.4) is 0 Å². The van der Waals surface area contributed by atoms with Crippen molar-refractivity contribution in [2.45, 2.75) is 70.9 Å². The molecule has 0 N–H and O–H groups in total. The maximum absolute atomic E-state index is 9.16. The lowest BCUT2D eigenvalue weighted by Gasteiger charge is -2.42. The van der Waals surface area contributed by atoms with Crippen LogP contribution in [-0.4, -0.2) is 15.4 Å². The highest BCUT2D eigenvalue weighted by atomic mass is 28.4. The summed E-state index contributed by atoms with van der Waals surface area (Å²) in [4.78, 5) is 0. The minimum Gasteiger partial charge on any atom is -0.412 e. The molecule has 0 saturated heterocycles. The van der Waals surface area contributed by atoms with Crippen molar-refractivity contribution in [1.82, 2.24) is 0 Å². The number of nitriles is 1. The molecule has 0 fully saturated rings. The molecule has 1 atom stereocenters. The van der Waals surface area contributed by atoms with Crippen molar-refractivity contribution in [2.24, 2.45) is 0 Å². The van der Waals surface area contributed by atoms with Crippen LogP contribution in [-0.2, 0) is 15.8 Å². The molecule has 0 spiro atoms. The zero-order valence-electron chi connectivity index (χ0n) is 18.9. The third kappa shape index (κ3) is 5.16. The summed E-state index contributed by atoms with van der Waals surface area (Å²) in [7, 11) is -0.168. The van der Waals surface area contributed by atoms with Crippen molar-refractivity contribution in [3.8, 4) is 6.07 Å². The van der Waals surface area contributed by atoms with E-state index in [0.717, 1.165) is 11.1 Å². The largest absolute Gasteiger partial charge is 0.412 e. The molecular formula is C25H35NO2Si. The van der Waals surface area contributed by atoms with Crippen LogP contribution >= 0.6 is 0 Å². The molecule has 156 valence electrons. The Hall–Kier alpha value is -1.93. The van der Waals surface area contributed by atoms with Crippen LogP contribution in [0.25, 0.3) is 0 Å². The molecule has 0 heterocycles. The Labute approximate surface area is 177 Å². The predicted octanol–water partition coefficient (Wildman–Crippen LogP) is 6.99. The smallest absolute Gasteiger partial charge is 0.200 e. The van der Waals surface area contributed by atoms with E-state index in [-0.39, 0.29) is 6.10 Å². The van der Waals surface area contributed by atoms with Crippen molar-refractivity contribution < 1.29 is 9.16 Å². The van der Waals surface area contributed by atoms with Gasteiger partial charge in [0.15, 0.2) is 0 Å². The van der Waals surface area contributed by atoms with Gasteiger partial charge in [0, 0.05) is 7.11 Å². The fourth-order valence-electron chi connectivity index (χ4n) is 4.73. The zero-order chi connectivity index (χ0) is 21.6. The number of nitrogens with zero attached hydrogens (tertiary/aromatic N) is 1. The molecule has 0 aromatic heterocycles. The highest BCUT2D eigenvalue weighted by Gasteiger charge is 2.44. The molecule has 0 radical (unpaired) electrons. The normalized spacial score (nSPS) is 13.1. The summed E-state index contributed by atoms with van der Waals surface area (Å²) < 4.78 is 12.4. The van der Waals surface area contributed by atoms with Crippen molar-refractivity contribution in [2.75, 3.05) is 7.11 Å². The molecule has 29 heavy (non-hydrogen) atoms. The van der Waals surface area contributed by atoms with E-state index in [2.05, 4.69) is 71.9 Å². The Morgan fingerprint density at radius 1 is 0.862 bits per heavy atom. The minimum atomic E-state index is -1.87. The molecule has 0 aliphatic rings. The van der Waals surface area contributed by atoms with Gasteiger partial charge in [0.05, 0.1) is 18.2 Å². The van der Waals surface area contributed by atoms with E-state index in [1.54, 1.807) is 7.11 Å². The Morgan fingerprint density at radius 2 is 1.45 bits per heavy atom. The van der Waals surface area contributed by atoms with Gasteiger partial charge >= 0.3 is 0 Å². The van der Waals surface area contributed by atoms with Crippen LogP contribution in [0.15, 0.2) is 48.5 Å². The third-order valence-electron chi connectivity index (χ3n) is 6.03. The van der Waals surface area contributed by atoms with Crippen LogP contribution < -0.4 is 0 Å². The first-order valence-corrected chi connectivity index (χ1v) is 12.7. The summed E-state index contributed by atoms with van der Waals surface area (Å²) in [5.74, 6) is 0. The average Bonchev–Trinajstić information content (AvgIpc) is 2.69. The van der Waals surface area contributed by atoms with E-state index in [0.29, 0.717) is 28.8 Å². The van der Waals surface area contributed by atoms with Gasteiger partial charge in [0.25, 0.3) is 0 Å². The Bertz CT molecular complexity index is 800. The number of ether oxygens (including phenoxy) is 1. The number of benzene rings is 2. The van der Waals surface area contributed by atoms with Crippen LogP contribution in [0.2, 0.25) is 16.6 Å². The molecule has 2 aromatic carbocycles. The minimum absolute atomic E-state index is 0.186. The molecule has 4 heteroatoms. The monoisotopic (exact) mass is 409 g/mol. The Morgan fingerprint density at radius 3 is 1.93 bits per heavy atom. The van der Waals surface area contributed by atoms with Crippen LogP contribution in [0.4, 0.5) is 0 Å². The molecular weight excluding hydrogens is 374 g/mol. The first-order valence-electron chi connectivity index (χ1n) is 10.5. The molecule has 2 aromatic rings. The maximum atomic E-state index is 9.16. The van der Waals surface area contributed by atoms with Gasteiger partial charge < -0.3 is 9.16 Å². The standard InChI is InChI=1S/C25H35NO2Si/c1-18(2)29(19(3)4,20(5)6)28-17-21-11-13-23(14-12-21)25(27-7)24-10-8-9-22(15-24)16-26/h8-15,18-20,25H,17H2,1-7H3. The van der Waals surface area contributed by atoms with Crippen molar-refractivity contribution in [3.63, 3.8) is 0 Å². The number of hydrogen-bond donors (Lipinski definition) is 0. The van der Waals surface area contributed by atoms with E-state index < -0.39 is 8.32 Å². The molecule has 1 unspecified atom stereocenters. The van der Waals surface area contributed by atoms with Gasteiger partial charge in [0.2, 0.25) is 8.32 Å². The molecule has 0 aliphatic heterocycles. The van der Waals surface area contributed by atoms with Crippen LogP contribution in [0.1, 0.15) is 69.9 Å². The lowest BCUT2D eigenvalue weighted by atomic mass is 9.99. The number of hydrogen-bond acceptors (Lipinski definition) is 3. The summed E-state index contributed by atoms with van der Waals surface area (Å²) in [6.07, 6.45) is -0.186. The second-order valence-electron chi connectivity index (χ2n) is 8.70. The van der Waals surface area contributed by atoms with Crippen molar-refractivity contribution in [1.29, 1.82) is 5.26 Å². The first kappa shape index (κ1) is 23.3. The quantitative estimate of drug-likeness (QED) is 0.419. The fourth-order valence-corrected chi connectivity index (χ4v) is 10.1. The predicted molar refractivity (Wildman–Crippen MR) is 122 cm³/mol. The molecule has 2 rings (SSSR count). The van der Waals surface area contributed by atoms with Crippen molar-refractivity contribution >= 4 is 8.32 Å². The number of methoxy groups -OCH3 is 1. The van der Waals surface area contributed by atoms with E-state index in [4.69, 9.17) is 14.4 Å². The SMILES string of the molecule is COC(c1ccc(CO[Si](C(C)C)(C(C)C)C(C)C)cc1)c1cccc(C#N)c1. The molecule has 0 amide bonds. The fraction of sp³-hybridized carbons (Fsp3) is 0.480. The molecule has 0 aliphatic carbocycles. The van der Waals surface area contributed by atoms with E-state index in [1.807, 2.05) is 24.3 Å². The number of rotatable bonds is 9. The topological polar surface area (TPSA) is 42.2 Å². The maximum Gasteiger partial charge on any atom is 0.200 e. The average molecular weight is 410 g/mol. The summed E-state index contributed by atoms with van der Waals surface area (Å²) in [6, 6.07) is 18.3. The highest BCUT2D eigenvalue weighted by molar-refractivity contribution is 6.77. The van der Waals surface area contributed by atoms with Crippen LogP contribution in [0, 0.1) is 11.3 Å². The zero-order valence-corrected chi connectivity index (χ0v) is 19.9. The Balaban J connectivity index is 2.20. The van der Waals surface area contributed by atoms with E-state index in [9.17, 15) is 0 Å². The van der Waals surface area contributed by atoms with Gasteiger partial charge in [-0.25, -0.2) is 0 Å². The van der Waals surface area contributed by atoms with Gasteiger partial charge in [-0.15, -0.1) is 0 Å². The highest BCUT2D eigenvalue weighted by Crippen LogP contribution is 2.42. The molecule has 3 nitrogen and oxygen atoms in total. The third-order valence-corrected chi connectivity index (χ3v) is 12.1. The Kier molecular flexibility index (Phi) is 8.21. The second kappa shape index (κ2) is 10.2. The molecule has 0 bridgehead atoms. The van der Waals surface area contributed by atoms with Gasteiger partial charge in [-0.2, -0.15) is 5.26 Å². The summed E-state index contributed by atoms with van der Waals surface area (Å²) in [5.41, 5.74) is 5.62. The van der Waals surface area contributed by atoms with E-state index >= 15 is 0 Å². The molecule has 0 saturated carbocycles. The van der Waals surface area contributed by atoms with E-state index in [1.165, 1.54) is 5.56 Å². The lowest BCUT2D eigenvalue weighted by Crippen LogP contribution is -2.47. The van der Waals surface area contributed by atoms with Crippen molar-refractivity contribution in [3.05, 3.63) is 70.8 Å². The summed E-state index contributed by atoms with van der Waals surface area (Å²) in [6.45, 7) is 14.5. The van der Waals surface area contributed by atoms with Gasteiger partial charge in [-0.3, -0.25) is 0 Å². The van der Waals surface area contributed by atoms with Gasteiger partial charge in [0.1, 0.15) is 6.10 Å². The van der Waals surface area contributed by atoms with Gasteiger partial charge in [-0.05, 0) is 45.4 Å². The first-order chi connectivity index (χ1) is 13.8. The summed E-state index contributed by atoms with van der Waals surface area (Å²) in [5, 5.41) is 9.16. The van der Waals surface area contributed by atoms with Gasteiger partial charge in [-0.1, -0.05) is 77.9 Å².